The van der Waals surface area contributed by atoms with Crippen molar-refractivity contribution in [2.24, 2.45) is 5.92 Å². The minimum Gasteiger partial charge on any atom is -0.497 e. The number of ether oxygens (including phenoxy) is 1. The zero-order valence-corrected chi connectivity index (χ0v) is 14.3. The summed E-state index contributed by atoms with van der Waals surface area (Å²) in [6, 6.07) is 5.80. The van der Waals surface area contributed by atoms with Crippen molar-refractivity contribution in [3.05, 3.63) is 23.1 Å². The van der Waals surface area contributed by atoms with E-state index in [2.05, 4.69) is 0 Å². The van der Waals surface area contributed by atoms with E-state index in [0.717, 1.165) is 32.4 Å². The lowest BCUT2D eigenvalue weighted by Crippen LogP contribution is -2.08. The Bertz CT molecular complexity index is 672. The smallest absolute Gasteiger partial charge is 0.347 e. The van der Waals surface area contributed by atoms with Crippen molar-refractivity contribution in [1.29, 1.82) is 0 Å². The molecule has 118 valence electrons. The van der Waals surface area contributed by atoms with Gasteiger partial charge in [0.05, 0.1) is 7.11 Å². The van der Waals surface area contributed by atoms with Gasteiger partial charge < -0.3 is 9.84 Å². The highest BCUT2D eigenvalue weighted by atomic mass is 32.2. The second-order valence-electron chi connectivity index (χ2n) is 5.74. The SMILES string of the molecule is COc1ccc2sc(C(=O)O)c(SCC3CCCCC3)c2c1. The molecule has 0 atom stereocenters. The van der Waals surface area contributed by atoms with E-state index < -0.39 is 5.97 Å². The molecule has 22 heavy (non-hydrogen) atoms. The van der Waals surface area contributed by atoms with Crippen LogP contribution in [-0.2, 0) is 0 Å². The van der Waals surface area contributed by atoms with Crippen LogP contribution in [0.2, 0.25) is 0 Å². The third-order valence-corrected chi connectivity index (χ3v) is 6.87. The summed E-state index contributed by atoms with van der Waals surface area (Å²) in [5, 5.41) is 10.5. The molecule has 0 spiro atoms. The van der Waals surface area contributed by atoms with Crippen LogP contribution in [0.25, 0.3) is 10.1 Å². The van der Waals surface area contributed by atoms with E-state index in [1.54, 1.807) is 18.9 Å². The van der Waals surface area contributed by atoms with Gasteiger partial charge in [-0.1, -0.05) is 19.3 Å². The normalized spacial score (nSPS) is 16.0. The Morgan fingerprint density at radius 3 is 2.82 bits per heavy atom. The van der Waals surface area contributed by atoms with Crippen LogP contribution in [0.4, 0.5) is 0 Å². The van der Waals surface area contributed by atoms with E-state index in [1.165, 1.54) is 43.4 Å². The highest BCUT2D eigenvalue weighted by molar-refractivity contribution is 7.99. The Morgan fingerprint density at radius 1 is 1.36 bits per heavy atom. The number of methoxy groups -OCH3 is 1. The quantitative estimate of drug-likeness (QED) is 0.755. The van der Waals surface area contributed by atoms with E-state index in [0.29, 0.717) is 4.88 Å². The van der Waals surface area contributed by atoms with Crippen LogP contribution >= 0.6 is 23.1 Å². The van der Waals surface area contributed by atoms with Crippen LogP contribution < -0.4 is 4.74 Å². The first kappa shape index (κ1) is 15.7. The van der Waals surface area contributed by atoms with Crippen LogP contribution in [0.15, 0.2) is 23.1 Å². The first-order chi connectivity index (χ1) is 10.7. The number of thiophene rings is 1. The molecule has 0 saturated heterocycles. The molecule has 3 rings (SSSR count). The molecule has 0 radical (unpaired) electrons. The minimum atomic E-state index is -0.827. The standard InChI is InChI=1S/C17H20O3S2/c1-20-12-7-8-14-13(9-12)15(16(22-14)17(18)19)21-10-11-5-3-2-4-6-11/h7-9,11H,2-6,10H2,1H3,(H,18,19). The lowest BCUT2D eigenvalue weighted by Gasteiger charge is -2.20. The fourth-order valence-corrected chi connectivity index (χ4v) is 5.58. The molecule has 0 unspecified atom stereocenters. The molecular weight excluding hydrogens is 316 g/mol. The van der Waals surface area contributed by atoms with Gasteiger partial charge >= 0.3 is 5.97 Å². The van der Waals surface area contributed by atoms with Gasteiger partial charge in [0.25, 0.3) is 0 Å². The van der Waals surface area contributed by atoms with Gasteiger partial charge in [0.15, 0.2) is 0 Å². The lowest BCUT2D eigenvalue weighted by atomic mass is 9.91. The van der Waals surface area contributed by atoms with Crippen LogP contribution in [0.3, 0.4) is 0 Å². The fraction of sp³-hybridized carbons (Fsp3) is 0.471. The molecule has 1 aliphatic carbocycles. The molecule has 1 aliphatic rings. The Morgan fingerprint density at radius 2 is 2.14 bits per heavy atom. The van der Waals surface area contributed by atoms with Crippen molar-refractivity contribution >= 4 is 39.2 Å². The summed E-state index contributed by atoms with van der Waals surface area (Å²) in [4.78, 5) is 12.9. The first-order valence-electron chi connectivity index (χ1n) is 7.65. The molecule has 1 saturated carbocycles. The minimum absolute atomic E-state index is 0.462. The maximum atomic E-state index is 11.6. The second-order valence-corrected chi connectivity index (χ2v) is 7.83. The van der Waals surface area contributed by atoms with Crippen LogP contribution in [0.1, 0.15) is 41.8 Å². The zero-order valence-electron chi connectivity index (χ0n) is 12.6. The van der Waals surface area contributed by atoms with Gasteiger partial charge in [-0.15, -0.1) is 23.1 Å². The molecule has 0 bridgehead atoms. The molecule has 1 aromatic heterocycles. The molecule has 0 amide bonds. The number of fused-ring (bicyclic) bond motifs is 1. The molecule has 1 aromatic carbocycles. The molecule has 1 heterocycles. The molecular formula is C17H20O3S2. The zero-order chi connectivity index (χ0) is 15.5. The molecule has 1 fully saturated rings. The molecule has 1 N–H and O–H groups in total. The van der Waals surface area contributed by atoms with Gasteiger partial charge in [-0.25, -0.2) is 4.79 Å². The number of thioether (sulfide) groups is 1. The van der Waals surface area contributed by atoms with E-state index in [4.69, 9.17) is 4.74 Å². The third-order valence-electron chi connectivity index (χ3n) is 4.23. The largest absolute Gasteiger partial charge is 0.497 e. The maximum Gasteiger partial charge on any atom is 0.347 e. The topological polar surface area (TPSA) is 46.5 Å². The molecule has 3 nitrogen and oxygen atoms in total. The molecule has 2 aromatic rings. The highest BCUT2D eigenvalue weighted by Crippen LogP contribution is 2.41. The Hall–Kier alpha value is -1.20. The average molecular weight is 336 g/mol. The molecule has 0 aliphatic heterocycles. The van der Waals surface area contributed by atoms with Crippen LogP contribution in [-0.4, -0.2) is 23.9 Å². The van der Waals surface area contributed by atoms with Crippen molar-refractivity contribution in [3.63, 3.8) is 0 Å². The predicted octanol–water partition coefficient (Wildman–Crippen LogP) is 5.28. The number of hydrogen-bond donors (Lipinski definition) is 1. The van der Waals surface area contributed by atoms with E-state index in [9.17, 15) is 9.90 Å². The third kappa shape index (κ3) is 3.25. The van der Waals surface area contributed by atoms with Crippen molar-refractivity contribution in [1.82, 2.24) is 0 Å². The van der Waals surface area contributed by atoms with E-state index in [-0.39, 0.29) is 0 Å². The second kappa shape index (κ2) is 6.92. The average Bonchev–Trinajstić information content (AvgIpc) is 2.91. The summed E-state index contributed by atoms with van der Waals surface area (Å²) >= 11 is 3.07. The predicted molar refractivity (Wildman–Crippen MR) is 92.6 cm³/mol. The van der Waals surface area contributed by atoms with Crippen molar-refractivity contribution in [2.75, 3.05) is 12.9 Å². The fourth-order valence-electron chi connectivity index (χ4n) is 3.02. The number of aromatic carboxylic acids is 1. The summed E-state index contributed by atoms with van der Waals surface area (Å²) in [7, 11) is 1.64. The van der Waals surface area contributed by atoms with Gasteiger partial charge in [0, 0.05) is 20.7 Å². The summed E-state index contributed by atoms with van der Waals surface area (Å²) in [5.41, 5.74) is 0. The van der Waals surface area contributed by atoms with E-state index in [1.807, 2.05) is 18.2 Å². The van der Waals surface area contributed by atoms with Gasteiger partial charge in [0.2, 0.25) is 0 Å². The number of carbonyl (C=O) groups is 1. The van der Waals surface area contributed by atoms with Crippen molar-refractivity contribution in [2.45, 2.75) is 37.0 Å². The van der Waals surface area contributed by atoms with Crippen LogP contribution in [0.5, 0.6) is 5.75 Å². The number of benzene rings is 1. The summed E-state index contributed by atoms with van der Waals surface area (Å²) < 4.78 is 6.31. The van der Waals surface area contributed by atoms with Gasteiger partial charge in [-0.2, -0.15) is 0 Å². The molecule has 5 heteroatoms. The Kier molecular flexibility index (Phi) is 4.93. The first-order valence-corrected chi connectivity index (χ1v) is 9.46. The van der Waals surface area contributed by atoms with Gasteiger partial charge in [0.1, 0.15) is 10.6 Å². The Labute approximate surface area is 138 Å². The maximum absolute atomic E-state index is 11.6. The van der Waals surface area contributed by atoms with Gasteiger partial charge in [-0.05, 0) is 37.0 Å². The van der Waals surface area contributed by atoms with Crippen molar-refractivity contribution < 1.29 is 14.6 Å². The summed E-state index contributed by atoms with van der Waals surface area (Å²) in [6.45, 7) is 0. The summed E-state index contributed by atoms with van der Waals surface area (Å²) in [5.74, 6) is 1.69. The monoisotopic (exact) mass is 336 g/mol. The number of carboxylic acids is 1. The number of carboxylic acid groups (broad SMARTS) is 1. The number of rotatable bonds is 5. The van der Waals surface area contributed by atoms with Crippen molar-refractivity contribution in [3.8, 4) is 5.75 Å². The summed E-state index contributed by atoms with van der Waals surface area (Å²) in [6.07, 6.45) is 6.53. The van der Waals surface area contributed by atoms with Gasteiger partial charge in [-0.3, -0.25) is 0 Å². The number of hydrogen-bond acceptors (Lipinski definition) is 4. The van der Waals surface area contributed by atoms with Crippen LogP contribution in [0, 0.1) is 5.92 Å². The Balaban J connectivity index is 1.90. The highest BCUT2D eigenvalue weighted by Gasteiger charge is 2.21. The lowest BCUT2D eigenvalue weighted by molar-refractivity contribution is 0.0699. The van der Waals surface area contributed by atoms with E-state index >= 15 is 0 Å².